The van der Waals surface area contributed by atoms with E-state index in [9.17, 15) is 0 Å². The smallest absolute Gasteiger partial charge is 0.227 e. The Balaban J connectivity index is 1.76. The highest BCUT2D eigenvalue weighted by atomic mass is 16.5. The van der Waals surface area contributed by atoms with E-state index in [4.69, 9.17) is 19.4 Å². The number of anilines is 3. The SMILES string of the molecule is COc1ccc(Nc2nc(N3CCNCC3)nc3ccccc23)c(OC)c1. The molecule has 0 spiro atoms. The van der Waals surface area contributed by atoms with Crippen molar-refractivity contribution in [2.24, 2.45) is 0 Å². The van der Waals surface area contributed by atoms with Crippen LogP contribution in [0.1, 0.15) is 0 Å². The zero-order chi connectivity index (χ0) is 18.6. The first-order valence-corrected chi connectivity index (χ1v) is 9.00. The molecule has 0 radical (unpaired) electrons. The van der Waals surface area contributed by atoms with E-state index in [2.05, 4.69) is 15.5 Å². The zero-order valence-electron chi connectivity index (χ0n) is 15.5. The van der Waals surface area contributed by atoms with Crippen LogP contribution in [0.2, 0.25) is 0 Å². The van der Waals surface area contributed by atoms with Crippen LogP contribution in [-0.2, 0) is 0 Å². The van der Waals surface area contributed by atoms with E-state index in [1.807, 2.05) is 42.5 Å². The topological polar surface area (TPSA) is 71.5 Å². The molecule has 0 atom stereocenters. The van der Waals surface area contributed by atoms with Crippen LogP contribution in [0, 0.1) is 0 Å². The van der Waals surface area contributed by atoms with Gasteiger partial charge in [-0.3, -0.25) is 0 Å². The van der Waals surface area contributed by atoms with Crippen molar-refractivity contribution in [2.75, 3.05) is 50.6 Å². The van der Waals surface area contributed by atoms with Crippen molar-refractivity contribution in [3.05, 3.63) is 42.5 Å². The summed E-state index contributed by atoms with van der Waals surface area (Å²) in [6, 6.07) is 13.7. The molecule has 7 nitrogen and oxygen atoms in total. The summed E-state index contributed by atoms with van der Waals surface area (Å²) in [5, 5.41) is 7.75. The van der Waals surface area contributed by atoms with Gasteiger partial charge in [0.1, 0.15) is 17.3 Å². The van der Waals surface area contributed by atoms with Crippen molar-refractivity contribution in [3.63, 3.8) is 0 Å². The van der Waals surface area contributed by atoms with Crippen LogP contribution in [0.4, 0.5) is 17.5 Å². The van der Waals surface area contributed by atoms with Crippen LogP contribution in [0.3, 0.4) is 0 Å². The standard InChI is InChI=1S/C20H23N5O2/c1-26-14-7-8-17(18(13-14)27-2)22-19-15-5-3-4-6-16(15)23-20(24-19)25-11-9-21-10-12-25/h3-8,13,21H,9-12H2,1-2H3,(H,22,23,24). The molecule has 0 bridgehead atoms. The molecule has 2 N–H and O–H groups in total. The number of benzene rings is 2. The van der Waals surface area contributed by atoms with Crippen molar-refractivity contribution in [2.45, 2.75) is 0 Å². The molecule has 0 aliphatic carbocycles. The van der Waals surface area contributed by atoms with Gasteiger partial charge in [0.05, 0.1) is 25.4 Å². The van der Waals surface area contributed by atoms with Crippen molar-refractivity contribution in [1.82, 2.24) is 15.3 Å². The molecule has 1 aromatic heterocycles. The van der Waals surface area contributed by atoms with Gasteiger partial charge in [0.25, 0.3) is 0 Å². The molecule has 0 amide bonds. The summed E-state index contributed by atoms with van der Waals surface area (Å²) in [6.45, 7) is 3.66. The molecule has 140 valence electrons. The van der Waals surface area contributed by atoms with E-state index in [0.717, 1.165) is 60.3 Å². The number of hydrogen-bond donors (Lipinski definition) is 2. The molecule has 2 aromatic carbocycles. The Kier molecular flexibility index (Phi) is 4.93. The Morgan fingerprint density at radius 1 is 1.00 bits per heavy atom. The number of rotatable bonds is 5. The predicted molar refractivity (Wildman–Crippen MR) is 107 cm³/mol. The van der Waals surface area contributed by atoms with Gasteiger partial charge in [0, 0.05) is 37.6 Å². The van der Waals surface area contributed by atoms with E-state index in [1.165, 1.54) is 0 Å². The minimum Gasteiger partial charge on any atom is -0.497 e. The van der Waals surface area contributed by atoms with Crippen molar-refractivity contribution in [1.29, 1.82) is 0 Å². The summed E-state index contributed by atoms with van der Waals surface area (Å²) < 4.78 is 10.8. The molecule has 0 saturated carbocycles. The van der Waals surface area contributed by atoms with Gasteiger partial charge in [-0.05, 0) is 24.3 Å². The fraction of sp³-hybridized carbons (Fsp3) is 0.300. The molecule has 2 heterocycles. The third-order valence-electron chi connectivity index (χ3n) is 4.65. The summed E-state index contributed by atoms with van der Waals surface area (Å²) in [5.74, 6) is 2.94. The normalized spacial score (nSPS) is 14.2. The van der Waals surface area contributed by atoms with E-state index in [-0.39, 0.29) is 0 Å². The predicted octanol–water partition coefficient (Wildman–Crippen LogP) is 2.80. The molecule has 1 aliphatic heterocycles. The molecule has 1 saturated heterocycles. The Labute approximate surface area is 158 Å². The fourth-order valence-corrected chi connectivity index (χ4v) is 3.20. The maximum Gasteiger partial charge on any atom is 0.227 e. The van der Waals surface area contributed by atoms with E-state index < -0.39 is 0 Å². The lowest BCUT2D eigenvalue weighted by atomic mass is 10.2. The van der Waals surface area contributed by atoms with Crippen molar-refractivity contribution < 1.29 is 9.47 Å². The van der Waals surface area contributed by atoms with Crippen LogP contribution < -0.4 is 25.0 Å². The number of hydrogen-bond acceptors (Lipinski definition) is 7. The number of para-hydroxylation sites is 1. The third-order valence-corrected chi connectivity index (χ3v) is 4.65. The minimum absolute atomic E-state index is 0.695. The second-order valence-electron chi connectivity index (χ2n) is 6.32. The maximum absolute atomic E-state index is 5.51. The molecule has 7 heteroatoms. The van der Waals surface area contributed by atoms with Crippen molar-refractivity contribution in [3.8, 4) is 11.5 Å². The quantitative estimate of drug-likeness (QED) is 0.720. The molecule has 27 heavy (non-hydrogen) atoms. The molecule has 1 aliphatic rings. The first-order valence-electron chi connectivity index (χ1n) is 9.00. The van der Waals surface area contributed by atoms with E-state index in [1.54, 1.807) is 14.2 Å². The number of nitrogens with one attached hydrogen (secondary N) is 2. The van der Waals surface area contributed by atoms with Gasteiger partial charge in [0.15, 0.2) is 0 Å². The highest BCUT2D eigenvalue weighted by Gasteiger charge is 2.17. The van der Waals surface area contributed by atoms with Gasteiger partial charge in [-0.1, -0.05) is 12.1 Å². The van der Waals surface area contributed by atoms with Crippen LogP contribution in [0.25, 0.3) is 10.9 Å². The number of fused-ring (bicyclic) bond motifs is 1. The Morgan fingerprint density at radius 2 is 1.81 bits per heavy atom. The Hall–Kier alpha value is -3.06. The first kappa shape index (κ1) is 17.4. The summed E-state index contributed by atoms with van der Waals surface area (Å²) in [7, 11) is 3.28. The zero-order valence-corrected chi connectivity index (χ0v) is 15.5. The molecule has 1 fully saturated rings. The van der Waals surface area contributed by atoms with Crippen LogP contribution in [0.5, 0.6) is 11.5 Å². The van der Waals surface area contributed by atoms with Crippen LogP contribution >= 0.6 is 0 Å². The Bertz CT molecular complexity index is 941. The highest BCUT2D eigenvalue weighted by Crippen LogP contribution is 2.33. The van der Waals surface area contributed by atoms with Crippen LogP contribution in [-0.4, -0.2) is 50.4 Å². The Morgan fingerprint density at radius 3 is 2.59 bits per heavy atom. The summed E-state index contributed by atoms with van der Waals surface area (Å²) in [4.78, 5) is 11.8. The third kappa shape index (κ3) is 3.59. The second-order valence-corrected chi connectivity index (χ2v) is 6.32. The highest BCUT2D eigenvalue weighted by molar-refractivity contribution is 5.92. The lowest BCUT2D eigenvalue weighted by Crippen LogP contribution is -2.44. The summed E-state index contributed by atoms with van der Waals surface area (Å²) in [5.41, 5.74) is 1.74. The number of piperazine rings is 1. The van der Waals surface area contributed by atoms with Gasteiger partial charge in [0.2, 0.25) is 5.95 Å². The number of nitrogens with zero attached hydrogens (tertiary/aromatic N) is 3. The van der Waals surface area contributed by atoms with E-state index >= 15 is 0 Å². The van der Waals surface area contributed by atoms with Gasteiger partial charge in [-0.25, -0.2) is 4.98 Å². The fourth-order valence-electron chi connectivity index (χ4n) is 3.20. The van der Waals surface area contributed by atoms with Crippen LogP contribution in [0.15, 0.2) is 42.5 Å². The molecular formula is C20H23N5O2. The number of ether oxygens (including phenoxy) is 2. The van der Waals surface area contributed by atoms with Crippen molar-refractivity contribution >= 4 is 28.4 Å². The molecular weight excluding hydrogens is 342 g/mol. The monoisotopic (exact) mass is 365 g/mol. The number of methoxy groups -OCH3 is 2. The lowest BCUT2D eigenvalue weighted by molar-refractivity contribution is 0.395. The second kappa shape index (κ2) is 7.67. The molecule has 4 rings (SSSR count). The molecule has 0 unspecified atom stereocenters. The summed E-state index contributed by atoms with van der Waals surface area (Å²) >= 11 is 0. The maximum atomic E-state index is 5.51. The van der Waals surface area contributed by atoms with Gasteiger partial charge in [-0.2, -0.15) is 4.98 Å². The van der Waals surface area contributed by atoms with Gasteiger partial charge < -0.3 is 25.0 Å². The lowest BCUT2D eigenvalue weighted by Gasteiger charge is -2.28. The summed E-state index contributed by atoms with van der Waals surface area (Å²) in [6.07, 6.45) is 0. The minimum atomic E-state index is 0.695. The molecule has 3 aromatic rings. The largest absolute Gasteiger partial charge is 0.497 e. The number of aromatic nitrogens is 2. The first-order chi connectivity index (χ1) is 13.3. The average Bonchev–Trinajstić information content (AvgIpc) is 2.74. The van der Waals surface area contributed by atoms with Gasteiger partial charge >= 0.3 is 0 Å². The van der Waals surface area contributed by atoms with Gasteiger partial charge in [-0.15, -0.1) is 0 Å². The van der Waals surface area contributed by atoms with E-state index in [0.29, 0.717) is 5.75 Å². The average molecular weight is 365 g/mol.